The largest absolute Gasteiger partial charge is 0.349 e. The molecule has 0 bridgehead atoms. The summed E-state index contributed by atoms with van der Waals surface area (Å²) in [5.41, 5.74) is 0.965. The third kappa shape index (κ3) is 3.00. The minimum Gasteiger partial charge on any atom is -0.349 e. The van der Waals surface area contributed by atoms with Gasteiger partial charge in [-0.2, -0.15) is 4.68 Å². The standard InChI is InChI=1S/C16H21N5O/c1-10(2)9-18-16(22)15-19-13(12-6-7-12)20-21(15)14-11(3)5-4-8-17-14/h4-5,8,10,12H,6-7,9H2,1-3H3,(H,18,22). The number of hydrogen-bond acceptors (Lipinski definition) is 4. The second-order valence-electron chi connectivity index (χ2n) is 6.23. The van der Waals surface area contributed by atoms with E-state index in [-0.39, 0.29) is 5.91 Å². The summed E-state index contributed by atoms with van der Waals surface area (Å²) in [6.07, 6.45) is 3.90. The lowest BCUT2D eigenvalue weighted by molar-refractivity contribution is 0.0936. The molecule has 0 unspecified atom stereocenters. The highest BCUT2D eigenvalue weighted by molar-refractivity contribution is 5.91. The fourth-order valence-corrected chi connectivity index (χ4v) is 2.21. The molecule has 0 radical (unpaired) electrons. The highest BCUT2D eigenvalue weighted by Crippen LogP contribution is 2.38. The zero-order chi connectivity index (χ0) is 15.7. The molecule has 1 amide bonds. The summed E-state index contributed by atoms with van der Waals surface area (Å²) in [6.45, 7) is 6.69. The first-order valence-corrected chi connectivity index (χ1v) is 7.73. The first-order valence-electron chi connectivity index (χ1n) is 7.73. The van der Waals surface area contributed by atoms with Crippen molar-refractivity contribution in [3.8, 4) is 5.82 Å². The van der Waals surface area contributed by atoms with E-state index < -0.39 is 0 Å². The fraction of sp³-hybridized carbons (Fsp3) is 0.500. The van der Waals surface area contributed by atoms with Crippen molar-refractivity contribution >= 4 is 5.91 Å². The zero-order valence-corrected chi connectivity index (χ0v) is 13.2. The van der Waals surface area contributed by atoms with Gasteiger partial charge < -0.3 is 5.32 Å². The minimum atomic E-state index is -0.196. The SMILES string of the molecule is Cc1cccnc1-n1nc(C2CC2)nc1C(=O)NCC(C)C. The molecule has 116 valence electrons. The molecule has 1 fully saturated rings. The van der Waals surface area contributed by atoms with Crippen molar-refractivity contribution in [1.29, 1.82) is 0 Å². The van der Waals surface area contributed by atoms with Gasteiger partial charge in [0.2, 0.25) is 5.82 Å². The van der Waals surface area contributed by atoms with Crippen molar-refractivity contribution in [3.05, 3.63) is 35.5 Å². The molecule has 2 heterocycles. The molecule has 0 aromatic carbocycles. The van der Waals surface area contributed by atoms with Crippen molar-refractivity contribution in [2.75, 3.05) is 6.54 Å². The molecule has 0 spiro atoms. The third-order valence-electron chi connectivity index (χ3n) is 3.62. The van der Waals surface area contributed by atoms with Crippen LogP contribution >= 0.6 is 0 Å². The molecule has 6 nitrogen and oxygen atoms in total. The van der Waals surface area contributed by atoms with Crippen molar-refractivity contribution < 1.29 is 4.79 Å². The van der Waals surface area contributed by atoms with E-state index >= 15 is 0 Å². The van der Waals surface area contributed by atoms with Crippen LogP contribution in [0, 0.1) is 12.8 Å². The average molecular weight is 299 g/mol. The van der Waals surface area contributed by atoms with Gasteiger partial charge in [0.1, 0.15) is 0 Å². The fourth-order valence-electron chi connectivity index (χ4n) is 2.21. The monoisotopic (exact) mass is 299 g/mol. The van der Waals surface area contributed by atoms with Crippen LogP contribution in [0.25, 0.3) is 5.82 Å². The predicted octanol–water partition coefficient (Wildman–Crippen LogP) is 2.23. The molecular formula is C16H21N5O. The van der Waals surface area contributed by atoms with E-state index in [1.165, 1.54) is 0 Å². The van der Waals surface area contributed by atoms with E-state index in [1.54, 1.807) is 10.9 Å². The van der Waals surface area contributed by atoms with Gasteiger partial charge in [-0.1, -0.05) is 19.9 Å². The van der Waals surface area contributed by atoms with Gasteiger partial charge in [-0.05, 0) is 37.3 Å². The Morgan fingerprint density at radius 1 is 1.45 bits per heavy atom. The normalized spacial score (nSPS) is 14.4. The number of carbonyl (C=O) groups excluding carboxylic acids is 1. The number of aromatic nitrogens is 4. The quantitative estimate of drug-likeness (QED) is 0.919. The Labute approximate surface area is 130 Å². The predicted molar refractivity (Wildman–Crippen MR) is 83.0 cm³/mol. The maximum absolute atomic E-state index is 12.4. The van der Waals surface area contributed by atoms with Crippen LogP contribution in [0.15, 0.2) is 18.3 Å². The van der Waals surface area contributed by atoms with Crippen LogP contribution in [0.5, 0.6) is 0 Å². The zero-order valence-electron chi connectivity index (χ0n) is 13.2. The second-order valence-corrected chi connectivity index (χ2v) is 6.23. The smallest absolute Gasteiger partial charge is 0.289 e. The van der Waals surface area contributed by atoms with Crippen LogP contribution in [0.3, 0.4) is 0 Å². The number of aryl methyl sites for hydroxylation is 1. The highest BCUT2D eigenvalue weighted by Gasteiger charge is 2.31. The molecule has 0 atom stereocenters. The molecular weight excluding hydrogens is 278 g/mol. The number of rotatable bonds is 5. The Hall–Kier alpha value is -2.24. The molecule has 1 aliphatic carbocycles. The van der Waals surface area contributed by atoms with E-state index in [1.807, 2.05) is 19.1 Å². The molecule has 6 heteroatoms. The molecule has 2 aromatic heterocycles. The summed E-state index contributed by atoms with van der Waals surface area (Å²) < 4.78 is 1.58. The summed E-state index contributed by atoms with van der Waals surface area (Å²) in [7, 11) is 0. The Balaban J connectivity index is 1.97. The Morgan fingerprint density at radius 3 is 2.86 bits per heavy atom. The average Bonchev–Trinajstić information content (AvgIpc) is 3.25. The second kappa shape index (κ2) is 5.87. The highest BCUT2D eigenvalue weighted by atomic mass is 16.2. The van der Waals surface area contributed by atoms with E-state index in [0.717, 1.165) is 24.2 Å². The molecule has 1 aliphatic rings. The van der Waals surface area contributed by atoms with Crippen LogP contribution in [-0.4, -0.2) is 32.2 Å². The summed E-state index contributed by atoms with van der Waals surface area (Å²) in [5, 5.41) is 7.44. The van der Waals surface area contributed by atoms with Gasteiger partial charge >= 0.3 is 0 Å². The van der Waals surface area contributed by atoms with Crippen LogP contribution < -0.4 is 5.32 Å². The number of hydrogen-bond donors (Lipinski definition) is 1. The lowest BCUT2D eigenvalue weighted by Crippen LogP contribution is -2.30. The maximum Gasteiger partial charge on any atom is 0.289 e. The molecule has 2 aromatic rings. The number of amides is 1. The van der Waals surface area contributed by atoms with E-state index in [9.17, 15) is 4.79 Å². The molecule has 22 heavy (non-hydrogen) atoms. The summed E-state index contributed by atoms with van der Waals surface area (Å²) >= 11 is 0. The van der Waals surface area contributed by atoms with Crippen LogP contribution in [0.2, 0.25) is 0 Å². The lowest BCUT2D eigenvalue weighted by Gasteiger charge is -2.09. The maximum atomic E-state index is 12.4. The number of nitrogens with one attached hydrogen (secondary N) is 1. The number of pyridine rings is 1. The molecule has 0 saturated heterocycles. The van der Waals surface area contributed by atoms with Crippen LogP contribution in [0.4, 0.5) is 0 Å². The first kappa shape index (κ1) is 14.7. The first-order chi connectivity index (χ1) is 10.6. The number of carbonyl (C=O) groups is 1. The van der Waals surface area contributed by atoms with E-state index in [2.05, 4.69) is 34.2 Å². The molecule has 3 rings (SSSR count). The van der Waals surface area contributed by atoms with Crippen molar-refractivity contribution in [1.82, 2.24) is 25.1 Å². The number of nitrogens with zero attached hydrogens (tertiary/aromatic N) is 4. The van der Waals surface area contributed by atoms with Crippen LogP contribution in [-0.2, 0) is 0 Å². The molecule has 1 N–H and O–H groups in total. The van der Waals surface area contributed by atoms with E-state index in [0.29, 0.717) is 30.0 Å². The lowest BCUT2D eigenvalue weighted by atomic mass is 10.2. The Morgan fingerprint density at radius 2 is 2.23 bits per heavy atom. The summed E-state index contributed by atoms with van der Waals surface area (Å²) in [4.78, 5) is 21.3. The summed E-state index contributed by atoms with van der Waals surface area (Å²) in [6, 6.07) is 3.83. The summed E-state index contributed by atoms with van der Waals surface area (Å²) in [5.74, 6) is 2.32. The molecule has 1 saturated carbocycles. The van der Waals surface area contributed by atoms with Gasteiger partial charge in [-0.15, -0.1) is 5.10 Å². The minimum absolute atomic E-state index is 0.196. The van der Waals surface area contributed by atoms with Gasteiger partial charge in [0.15, 0.2) is 11.6 Å². The third-order valence-corrected chi connectivity index (χ3v) is 3.62. The Bertz CT molecular complexity index is 688. The molecule has 0 aliphatic heterocycles. The van der Waals surface area contributed by atoms with Gasteiger partial charge in [-0.3, -0.25) is 4.79 Å². The van der Waals surface area contributed by atoms with Gasteiger partial charge in [0, 0.05) is 18.7 Å². The van der Waals surface area contributed by atoms with Crippen molar-refractivity contribution in [2.24, 2.45) is 5.92 Å². The van der Waals surface area contributed by atoms with Crippen molar-refractivity contribution in [3.63, 3.8) is 0 Å². The topological polar surface area (TPSA) is 72.7 Å². The van der Waals surface area contributed by atoms with Gasteiger partial charge in [0.25, 0.3) is 5.91 Å². The van der Waals surface area contributed by atoms with Crippen LogP contribution in [0.1, 0.15) is 54.6 Å². The van der Waals surface area contributed by atoms with Gasteiger partial charge in [0.05, 0.1) is 0 Å². The Kier molecular flexibility index (Phi) is 3.92. The van der Waals surface area contributed by atoms with Crippen molar-refractivity contribution in [2.45, 2.75) is 39.5 Å². The van der Waals surface area contributed by atoms with E-state index in [4.69, 9.17) is 0 Å². The van der Waals surface area contributed by atoms with Gasteiger partial charge in [-0.25, -0.2) is 9.97 Å².